The molecule has 1 saturated heterocycles. The van der Waals surface area contributed by atoms with Crippen LogP contribution in [0.5, 0.6) is 0 Å². The lowest BCUT2D eigenvalue weighted by atomic mass is 10.0. The molecule has 0 unspecified atom stereocenters. The van der Waals surface area contributed by atoms with E-state index in [4.69, 9.17) is 4.42 Å². The molecule has 4 rings (SSSR count). The molecule has 3 aromatic rings. The average molecular weight is 384 g/mol. The fourth-order valence-electron chi connectivity index (χ4n) is 3.77. The van der Waals surface area contributed by atoms with Crippen LogP contribution in [0.25, 0.3) is 11.5 Å². The predicted molar refractivity (Wildman–Crippen MR) is 102 cm³/mol. The Kier molecular flexibility index (Phi) is 5.21. The Hall–Kier alpha value is -2.61. The Morgan fingerprint density at radius 2 is 1.96 bits per heavy atom. The standard InChI is InChI=1S/C20H25FN6O/c1-13(2)18-23-22-17(26(18)3)12-27-11-7-6-10-16(27)20-25-24-19(28-20)14-8-4-5-9-15(14)21/h4-5,8-9,13,16H,6-7,10-12H2,1-3H3/t16-/m1/s1. The van der Waals surface area contributed by atoms with Crippen molar-refractivity contribution in [3.8, 4) is 11.5 Å². The second kappa shape index (κ2) is 7.79. The number of benzene rings is 1. The second-order valence-electron chi connectivity index (χ2n) is 7.60. The first-order chi connectivity index (χ1) is 13.5. The van der Waals surface area contributed by atoms with Crippen molar-refractivity contribution < 1.29 is 8.81 Å². The van der Waals surface area contributed by atoms with Crippen LogP contribution in [-0.2, 0) is 13.6 Å². The van der Waals surface area contributed by atoms with Gasteiger partial charge < -0.3 is 8.98 Å². The Balaban J connectivity index is 1.57. The highest BCUT2D eigenvalue weighted by atomic mass is 19.1. The number of halogens is 1. The molecule has 28 heavy (non-hydrogen) atoms. The van der Waals surface area contributed by atoms with Crippen molar-refractivity contribution in [1.29, 1.82) is 0 Å². The highest BCUT2D eigenvalue weighted by Gasteiger charge is 2.30. The Morgan fingerprint density at radius 1 is 1.14 bits per heavy atom. The van der Waals surface area contributed by atoms with E-state index >= 15 is 0 Å². The molecule has 1 fully saturated rings. The summed E-state index contributed by atoms with van der Waals surface area (Å²) in [6, 6.07) is 6.45. The van der Waals surface area contributed by atoms with Gasteiger partial charge in [-0.1, -0.05) is 32.4 Å². The molecule has 2 aromatic heterocycles. The lowest BCUT2D eigenvalue weighted by Gasteiger charge is -2.32. The smallest absolute Gasteiger partial charge is 0.250 e. The zero-order valence-electron chi connectivity index (χ0n) is 16.5. The summed E-state index contributed by atoms with van der Waals surface area (Å²) in [7, 11) is 2.01. The van der Waals surface area contributed by atoms with Crippen molar-refractivity contribution >= 4 is 0 Å². The van der Waals surface area contributed by atoms with Crippen LogP contribution in [0.3, 0.4) is 0 Å². The SMILES string of the molecule is CC(C)c1nnc(CN2CCCC[C@@H]2c2nnc(-c3ccccc3F)o2)n1C. The van der Waals surface area contributed by atoms with Crippen LogP contribution in [0.4, 0.5) is 4.39 Å². The van der Waals surface area contributed by atoms with Crippen molar-refractivity contribution in [2.45, 2.75) is 51.6 Å². The summed E-state index contributed by atoms with van der Waals surface area (Å²) in [4.78, 5) is 2.30. The van der Waals surface area contributed by atoms with E-state index < -0.39 is 0 Å². The maximum atomic E-state index is 14.0. The number of aromatic nitrogens is 5. The zero-order chi connectivity index (χ0) is 19.7. The summed E-state index contributed by atoms with van der Waals surface area (Å²) in [6.45, 7) is 5.81. The fourth-order valence-corrected chi connectivity index (χ4v) is 3.77. The maximum absolute atomic E-state index is 14.0. The molecule has 0 spiro atoms. The van der Waals surface area contributed by atoms with E-state index in [1.54, 1.807) is 18.2 Å². The van der Waals surface area contributed by atoms with Crippen molar-refractivity contribution in [2.24, 2.45) is 7.05 Å². The molecule has 1 aromatic carbocycles. The lowest BCUT2D eigenvalue weighted by molar-refractivity contribution is 0.114. The van der Waals surface area contributed by atoms with Gasteiger partial charge in [-0.2, -0.15) is 0 Å². The summed E-state index contributed by atoms with van der Waals surface area (Å²) < 4.78 is 22.0. The third-order valence-electron chi connectivity index (χ3n) is 5.30. The van der Waals surface area contributed by atoms with E-state index in [0.29, 0.717) is 23.9 Å². The highest BCUT2D eigenvalue weighted by molar-refractivity contribution is 5.53. The van der Waals surface area contributed by atoms with Gasteiger partial charge in [0.15, 0.2) is 0 Å². The van der Waals surface area contributed by atoms with Crippen LogP contribution in [-0.4, -0.2) is 36.4 Å². The van der Waals surface area contributed by atoms with Crippen LogP contribution in [0, 0.1) is 5.82 Å². The summed E-state index contributed by atoms with van der Waals surface area (Å²) >= 11 is 0. The van der Waals surface area contributed by atoms with Crippen molar-refractivity contribution in [3.63, 3.8) is 0 Å². The van der Waals surface area contributed by atoms with E-state index in [1.165, 1.54) is 6.07 Å². The largest absolute Gasteiger partial charge is 0.419 e. The first-order valence-corrected chi connectivity index (χ1v) is 9.75. The third-order valence-corrected chi connectivity index (χ3v) is 5.30. The summed E-state index contributed by atoms with van der Waals surface area (Å²) in [5.41, 5.74) is 0.332. The maximum Gasteiger partial charge on any atom is 0.250 e. The van der Waals surface area contributed by atoms with Crippen LogP contribution in [0.1, 0.15) is 62.6 Å². The third kappa shape index (κ3) is 3.56. The van der Waals surface area contributed by atoms with Gasteiger partial charge in [-0.3, -0.25) is 4.90 Å². The molecular formula is C20H25FN6O. The van der Waals surface area contributed by atoms with Gasteiger partial charge in [-0.15, -0.1) is 20.4 Å². The molecular weight excluding hydrogens is 359 g/mol. The van der Waals surface area contributed by atoms with Gasteiger partial charge in [-0.25, -0.2) is 4.39 Å². The number of likely N-dealkylation sites (tertiary alicyclic amines) is 1. The molecule has 3 heterocycles. The van der Waals surface area contributed by atoms with Crippen LogP contribution in [0.2, 0.25) is 0 Å². The Morgan fingerprint density at radius 3 is 2.71 bits per heavy atom. The average Bonchev–Trinajstić information content (AvgIpc) is 3.30. The second-order valence-corrected chi connectivity index (χ2v) is 7.60. The van der Waals surface area contributed by atoms with E-state index in [1.807, 2.05) is 7.05 Å². The number of piperidine rings is 1. The Bertz CT molecular complexity index is 950. The van der Waals surface area contributed by atoms with Gasteiger partial charge >= 0.3 is 0 Å². The van der Waals surface area contributed by atoms with Gasteiger partial charge in [0, 0.05) is 13.0 Å². The molecule has 7 nitrogen and oxygen atoms in total. The summed E-state index contributed by atoms with van der Waals surface area (Å²) in [5.74, 6) is 2.61. The van der Waals surface area contributed by atoms with Gasteiger partial charge in [0.1, 0.15) is 17.5 Å². The van der Waals surface area contributed by atoms with Crippen LogP contribution >= 0.6 is 0 Å². The minimum Gasteiger partial charge on any atom is -0.419 e. The van der Waals surface area contributed by atoms with E-state index in [2.05, 4.69) is 43.7 Å². The molecule has 0 aliphatic carbocycles. The molecule has 1 aliphatic rings. The quantitative estimate of drug-likeness (QED) is 0.665. The topological polar surface area (TPSA) is 72.9 Å². The molecule has 8 heteroatoms. The van der Waals surface area contributed by atoms with Crippen molar-refractivity contribution in [1.82, 2.24) is 29.9 Å². The molecule has 0 bridgehead atoms. The number of hydrogen-bond acceptors (Lipinski definition) is 6. The highest BCUT2D eigenvalue weighted by Crippen LogP contribution is 2.33. The fraction of sp³-hybridized carbons (Fsp3) is 0.500. The van der Waals surface area contributed by atoms with Crippen molar-refractivity contribution in [3.05, 3.63) is 47.6 Å². The molecule has 0 N–H and O–H groups in total. The first-order valence-electron chi connectivity index (χ1n) is 9.75. The van der Waals surface area contributed by atoms with E-state index in [0.717, 1.165) is 37.5 Å². The van der Waals surface area contributed by atoms with E-state index in [-0.39, 0.29) is 17.7 Å². The first kappa shape index (κ1) is 18.7. The molecule has 148 valence electrons. The number of hydrogen-bond donors (Lipinski definition) is 0. The normalized spacial score (nSPS) is 18.1. The summed E-state index contributed by atoms with van der Waals surface area (Å²) in [5, 5.41) is 17.0. The van der Waals surface area contributed by atoms with Gasteiger partial charge in [0.25, 0.3) is 5.89 Å². The molecule has 1 atom stereocenters. The van der Waals surface area contributed by atoms with Crippen molar-refractivity contribution in [2.75, 3.05) is 6.54 Å². The molecule has 1 aliphatic heterocycles. The zero-order valence-corrected chi connectivity index (χ0v) is 16.5. The predicted octanol–water partition coefficient (Wildman–Crippen LogP) is 3.85. The Labute approximate surface area is 163 Å². The number of nitrogens with zero attached hydrogens (tertiary/aromatic N) is 6. The van der Waals surface area contributed by atoms with Gasteiger partial charge in [0.2, 0.25) is 5.89 Å². The molecule has 0 amide bonds. The molecule has 0 saturated carbocycles. The van der Waals surface area contributed by atoms with Crippen LogP contribution in [0.15, 0.2) is 28.7 Å². The number of rotatable bonds is 5. The van der Waals surface area contributed by atoms with Gasteiger partial charge in [0.05, 0.1) is 18.2 Å². The van der Waals surface area contributed by atoms with Crippen LogP contribution < -0.4 is 0 Å². The minimum absolute atomic E-state index is 0.000901. The van der Waals surface area contributed by atoms with E-state index in [9.17, 15) is 4.39 Å². The monoisotopic (exact) mass is 384 g/mol. The van der Waals surface area contributed by atoms with Gasteiger partial charge in [-0.05, 0) is 31.5 Å². The minimum atomic E-state index is -0.363. The summed E-state index contributed by atoms with van der Waals surface area (Å²) in [6.07, 6.45) is 3.13. The molecule has 0 radical (unpaired) electrons. The lowest BCUT2D eigenvalue weighted by Crippen LogP contribution is -2.34.